The van der Waals surface area contributed by atoms with E-state index in [9.17, 15) is 13.2 Å². The van der Waals surface area contributed by atoms with E-state index in [0.29, 0.717) is 17.7 Å². The molecule has 20 heavy (non-hydrogen) atoms. The second-order valence-corrected chi connectivity index (χ2v) is 6.59. The minimum Gasteiger partial charge on any atom is -0.293 e. The van der Waals surface area contributed by atoms with Crippen molar-refractivity contribution in [3.05, 3.63) is 34.4 Å². The van der Waals surface area contributed by atoms with Gasteiger partial charge in [-0.1, -0.05) is 6.07 Å². The van der Waals surface area contributed by atoms with Gasteiger partial charge in [0.15, 0.2) is 5.78 Å². The van der Waals surface area contributed by atoms with Crippen LogP contribution in [0.25, 0.3) is 6.08 Å². The van der Waals surface area contributed by atoms with E-state index in [1.165, 1.54) is 0 Å². The Hall–Kier alpha value is -2.13. The van der Waals surface area contributed by atoms with Gasteiger partial charge in [0.05, 0.1) is 24.4 Å². The molecule has 0 aliphatic heterocycles. The molecule has 104 valence electrons. The van der Waals surface area contributed by atoms with Crippen LogP contribution in [0.2, 0.25) is 0 Å². The zero-order valence-corrected chi connectivity index (χ0v) is 12.0. The minimum absolute atomic E-state index is 0.132. The summed E-state index contributed by atoms with van der Waals surface area (Å²) >= 11 is 0. The third kappa shape index (κ3) is 3.06. The van der Waals surface area contributed by atoms with Crippen LogP contribution in [0.1, 0.15) is 23.1 Å². The van der Waals surface area contributed by atoms with Crippen molar-refractivity contribution in [2.45, 2.75) is 19.8 Å². The van der Waals surface area contributed by atoms with Gasteiger partial charge in [-0.2, -0.15) is 5.26 Å². The van der Waals surface area contributed by atoms with E-state index in [0.717, 1.165) is 22.9 Å². The van der Waals surface area contributed by atoms with Crippen molar-refractivity contribution in [1.29, 1.82) is 5.26 Å². The highest BCUT2D eigenvalue weighted by Gasteiger charge is 2.20. The van der Waals surface area contributed by atoms with Crippen LogP contribution in [0, 0.1) is 18.3 Å². The third-order valence-electron chi connectivity index (χ3n) is 3.09. The molecule has 0 bridgehead atoms. The first-order valence-corrected chi connectivity index (χ1v) is 7.91. The topological polar surface area (TPSA) is 87.0 Å². The highest BCUT2D eigenvalue weighted by Crippen LogP contribution is 2.31. The largest absolute Gasteiger partial charge is 0.293 e. The van der Waals surface area contributed by atoms with Gasteiger partial charge in [-0.3, -0.25) is 9.52 Å². The lowest BCUT2D eigenvalue weighted by Crippen LogP contribution is -2.11. The molecule has 6 heteroatoms. The van der Waals surface area contributed by atoms with E-state index in [-0.39, 0.29) is 12.2 Å². The van der Waals surface area contributed by atoms with Crippen molar-refractivity contribution in [2.75, 3.05) is 11.0 Å². The number of rotatable bonds is 4. The van der Waals surface area contributed by atoms with E-state index in [1.54, 1.807) is 12.1 Å². The molecule has 0 amide bonds. The molecule has 0 radical (unpaired) electrons. The maximum Gasteiger partial charge on any atom is 0.229 e. The maximum absolute atomic E-state index is 11.7. The monoisotopic (exact) mass is 290 g/mol. The standard InChI is InChI=1S/C14H14N2O3S/c1-9-5-10-6-12(14(17)3-4-15)7-11(10)8-13(9)16-20(2,18)19/h5,7-8,16H,3,6H2,1-2H3. The van der Waals surface area contributed by atoms with Crippen molar-refractivity contribution in [2.24, 2.45) is 0 Å². The van der Waals surface area contributed by atoms with Gasteiger partial charge in [-0.05, 0) is 35.8 Å². The molecule has 1 aliphatic rings. The molecule has 0 atom stereocenters. The molecular weight excluding hydrogens is 276 g/mol. The first kappa shape index (κ1) is 14.3. The molecule has 0 saturated carbocycles. The Balaban J connectivity index is 2.35. The van der Waals surface area contributed by atoms with Gasteiger partial charge in [0.25, 0.3) is 0 Å². The smallest absolute Gasteiger partial charge is 0.229 e. The number of benzene rings is 1. The highest BCUT2D eigenvalue weighted by atomic mass is 32.2. The summed E-state index contributed by atoms with van der Waals surface area (Å²) < 4.78 is 25.0. The van der Waals surface area contributed by atoms with Crippen LogP contribution in [0.5, 0.6) is 0 Å². The van der Waals surface area contributed by atoms with Crippen molar-refractivity contribution < 1.29 is 13.2 Å². The average molecular weight is 290 g/mol. The summed E-state index contributed by atoms with van der Waals surface area (Å²) in [6.45, 7) is 1.81. The minimum atomic E-state index is -3.34. The van der Waals surface area contributed by atoms with Crippen LogP contribution < -0.4 is 4.72 Å². The number of Topliss-reactive ketones (excluding diaryl/α,β-unsaturated/α-hetero) is 1. The predicted molar refractivity (Wildman–Crippen MR) is 76.6 cm³/mol. The SMILES string of the molecule is Cc1cc2c(cc1NS(C)(=O)=O)C=C(C(=O)CC#N)C2. The number of nitrogens with zero attached hydrogens (tertiary/aromatic N) is 1. The summed E-state index contributed by atoms with van der Waals surface area (Å²) in [5.74, 6) is -0.182. The Morgan fingerprint density at radius 3 is 2.75 bits per heavy atom. The lowest BCUT2D eigenvalue weighted by Gasteiger charge is -2.10. The van der Waals surface area contributed by atoms with Crippen molar-refractivity contribution >= 4 is 27.6 Å². The molecule has 0 unspecified atom stereocenters. The first-order chi connectivity index (χ1) is 9.30. The average Bonchev–Trinajstić information content (AvgIpc) is 2.71. The molecule has 0 spiro atoms. The van der Waals surface area contributed by atoms with E-state index in [1.807, 2.05) is 19.1 Å². The lowest BCUT2D eigenvalue weighted by molar-refractivity contribution is -0.114. The van der Waals surface area contributed by atoms with Crippen LogP contribution in [0.4, 0.5) is 5.69 Å². The number of allylic oxidation sites excluding steroid dienone is 1. The number of ketones is 1. The summed E-state index contributed by atoms with van der Waals surface area (Å²) in [5.41, 5.74) is 3.70. The Morgan fingerprint density at radius 2 is 2.15 bits per heavy atom. The van der Waals surface area contributed by atoms with E-state index < -0.39 is 10.0 Å². The molecule has 1 aromatic rings. The molecule has 0 heterocycles. The molecule has 1 N–H and O–H groups in total. The van der Waals surface area contributed by atoms with Gasteiger partial charge in [0.1, 0.15) is 0 Å². The van der Waals surface area contributed by atoms with Gasteiger partial charge < -0.3 is 0 Å². The Labute approximate surface area is 118 Å². The second kappa shape index (κ2) is 5.10. The third-order valence-corrected chi connectivity index (χ3v) is 3.68. The number of fused-ring (bicyclic) bond motifs is 1. The number of nitrogens with one attached hydrogen (secondary N) is 1. The van der Waals surface area contributed by atoms with Crippen LogP contribution in [0.3, 0.4) is 0 Å². The van der Waals surface area contributed by atoms with Crippen LogP contribution in [0.15, 0.2) is 17.7 Å². The summed E-state index contributed by atoms with van der Waals surface area (Å²) in [4.78, 5) is 11.7. The molecule has 1 aliphatic carbocycles. The van der Waals surface area contributed by atoms with Gasteiger partial charge in [-0.15, -0.1) is 0 Å². The van der Waals surface area contributed by atoms with E-state index >= 15 is 0 Å². The van der Waals surface area contributed by atoms with Gasteiger partial charge in [0, 0.05) is 12.0 Å². The van der Waals surface area contributed by atoms with Gasteiger partial charge in [-0.25, -0.2) is 8.42 Å². The second-order valence-electron chi connectivity index (χ2n) is 4.84. The zero-order chi connectivity index (χ0) is 14.9. The molecule has 2 rings (SSSR count). The zero-order valence-electron chi connectivity index (χ0n) is 11.2. The summed E-state index contributed by atoms with van der Waals surface area (Å²) in [5, 5.41) is 8.56. The maximum atomic E-state index is 11.7. The van der Waals surface area contributed by atoms with Crippen molar-refractivity contribution in [1.82, 2.24) is 0 Å². The molecule has 0 saturated heterocycles. The fourth-order valence-corrected chi connectivity index (χ4v) is 2.81. The number of carbonyl (C=O) groups is 1. The van der Waals surface area contributed by atoms with Gasteiger partial charge in [0.2, 0.25) is 10.0 Å². The predicted octanol–water partition coefficient (Wildman–Crippen LogP) is 1.79. The highest BCUT2D eigenvalue weighted by molar-refractivity contribution is 7.92. The summed E-state index contributed by atoms with van der Waals surface area (Å²) in [7, 11) is -3.34. The quantitative estimate of drug-likeness (QED) is 0.915. The van der Waals surface area contributed by atoms with Crippen molar-refractivity contribution in [3.63, 3.8) is 0 Å². The van der Waals surface area contributed by atoms with Crippen LogP contribution >= 0.6 is 0 Å². The number of anilines is 1. The normalized spacial score (nSPS) is 13.3. The van der Waals surface area contributed by atoms with E-state index in [4.69, 9.17) is 5.26 Å². The van der Waals surface area contributed by atoms with Gasteiger partial charge >= 0.3 is 0 Å². The van der Waals surface area contributed by atoms with Crippen molar-refractivity contribution in [3.8, 4) is 6.07 Å². The fraction of sp³-hybridized carbons (Fsp3) is 0.286. The van der Waals surface area contributed by atoms with E-state index in [2.05, 4.69) is 4.72 Å². The number of aryl methyl sites for hydroxylation is 1. The molecule has 5 nitrogen and oxygen atoms in total. The van der Waals surface area contributed by atoms with Crippen LogP contribution in [-0.2, 0) is 21.2 Å². The summed E-state index contributed by atoms with van der Waals surface area (Å²) in [6.07, 6.45) is 3.18. The molecule has 0 fully saturated rings. The Morgan fingerprint density at radius 1 is 1.45 bits per heavy atom. The lowest BCUT2D eigenvalue weighted by atomic mass is 10.0. The molecule has 1 aromatic carbocycles. The Bertz CT molecular complexity index is 755. The molecule has 0 aromatic heterocycles. The number of nitriles is 1. The number of hydrogen-bond acceptors (Lipinski definition) is 4. The first-order valence-electron chi connectivity index (χ1n) is 6.02. The number of hydrogen-bond donors (Lipinski definition) is 1. The summed E-state index contributed by atoms with van der Waals surface area (Å²) in [6, 6.07) is 5.43. The molecular formula is C14H14N2O3S. The fourth-order valence-electron chi connectivity index (χ4n) is 2.19. The number of sulfonamides is 1. The number of carbonyl (C=O) groups excluding carboxylic acids is 1. The van der Waals surface area contributed by atoms with Crippen LogP contribution in [-0.4, -0.2) is 20.5 Å². The Kier molecular flexibility index (Phi) is 3.64.